The van der Waals surface area contributed by atoms with Crippen molar-refractivity contribution in [3.05, 3.63) is 28.2 Å². The van der Waals surface area contributed by atoms with Crippen LogP contribution in [0.3, 0.4) is 0 Å². The minimum Gasteiger partial charge on any atom is -0.317 e. The highest BCUT2D eigenvalue weighted by atomic mass is 79.9. The number of carbonyl (C=O) groups is 1. The van der Waals surface area contributed by atoms with E-state index in [2.05, 4.69) is 27.3 Å². The van der Waals surface area contributed by atoms with Gasteiger partial charge in [0, 0.05) is 26.1 Å². The first-order valence-electron chi connectivity index (χ1n) is 5.91. The van der Waals surface area contributed by atoms with E-state index < -0.39 is 0 Å². The van der Waals surface area contributed by atoms with Crippen LogP contribution in [0, 0.1) is 0 Å². The number of rotatable bonds is 0. The molecule has 1 spiro atoms. The van der Waals surface area contributed by atoms with Gasteiger partial charge in [-0.25, -0.2) is 0 Å². The lowest BCUT2D eigenvalue weighted by atomic mass is 9.89. The van der Waals surface area contributed by atoms with Gasteiger partial charge in [0.15, 0.2) is 5.78 Å². The van der Waals surface area contributed by atoms with E-state index in [-0.39, 0.29) is 17.2 Å². The third kappa shape index (κ3) is 2.62. The van der Waals surface area contributed by atoms with Crippen molar-refractivity contribution in [1.29, 1.82) is 0 Å². The first kappa shape index (κ1) is 14.4. The van der Waals surface area contributed by atoms with E-state index in [1.807, 2.05) is 23.9 Å². The average Bonchev–Trinajstić information content (AvgIpc) is 2.31. The highest BCUT2D eigenvalue weighted by Gasteiger charge is 2.40. The van der Waals surface area contributed by atoms with Crippen molar-refractivity contribution >= 4 is 45.9 Å². The highest BCUT2D eigenvalue weighted by molar-refractivity contribution is 9.10. The summed E-state index contributed by atoms with van der Waals surface area (Å²) in [6.07, 6.45) is 2.89. The van der Waals surface area contributed by atoms with Crippen LogP contribution >= 0.6 is 40.1 Å². The van der Waals surface area contributed by atoms with Crippen LogP contribution in [0.25, 0.3) is 0 Å². The number of thioether (sulfide) groups is 1. The van der Waals surface area contributed by atoms with Gasteiger partial charge in [0.1, 0.15) is 0 Å². The molecule has 2 aliphatic heterocycles. The third-order valence-electron chi connectivity index (χ3n) is 3.57. The number of benzene rings is 1. The zero-order valence-corrected chi connectivity index (χ0v) is 13.1. The van der Waals surface area contributed by atoms with Gasteiger partial charge in [-0.1, -0.05) is 15.9 Å². The largest absolute Gasteiger partial charge is 0.317 e. The van der Waals surface area contributed by atoms with Crippen LogP contribution in [0.4, 0.5) is 0 Å². The maximum atomic E-state index is 12.3. The number of Topliss-reactive ketones (excluding diaryl/α,β-unsaturated/α-hetero) is 1. The Morgan fingerprint density at radius 3 is 2.72 bits per heavy atom. The fraction of sp³-hybridized carbons (Fsp3) is 0.462. The molecule has 0 saturated carbocycles. The fourth-order valence-electron chi connectivity index (χ4n) is 2.63. The number of carbonyl (C=O) groups excluding carboxylic acids is 1. The molecule has 0 radical (unpaired) electrons. The standard InChI is InChI=1S/C13H14BrNOS.ClH/c14-9-1-2-12-10(7-9)11(16)8-13(17-12)3-5-15-6-4-13;/h1-2,7,15H,3-6,8H2;1H. The molecule has 1 N–H and O–H groups in total. The van der Waals surface area contributed by atoms with E-state index in [1.165, 1.54) is 0 Å². The van der Waals surface area contributed by atoms with E-state index >= 15 is 0 Å². The maximum absolute atomic E-state index is 12.3. The van der Waals surface area contributed by atoms with Gasteiger partial charge in [-0.15, -0.1) is 24.2 Å². The van der Waals surface area contributed by atoms with Crippen molar-refractivity contribution in [3.8, 4) is 0 Å². The molecular weight excluding hydrogens is 334 g/mol. The summed E-state index contributed by atoms with van der Waals surface area (Å²) in [6.45, 7) is 2.07. The summed E-state index contributed by atoms with van der Waals surface area (Å²) in [5.41, 5.74) is 0.897. The number of fused-ring (bicyclic) bond motifs is 1. The number of ketones is 1. The summed E-state index contributed by atoms with van der Waals surface area (Å²) in [5, 5.41) is 3.37. The lowest BCUT2D eigenvalue weighted by molar-refractivity contribution is 0.0955. The summed E-state index contributed by atoms with van der Waals surface area (Å²) in [4.78, 5) is 13.4. The summed E-state index contributed by atoms with van der Waals surface area (Å²) in [5.74, 6) is 0.307. The predicted molar refractivity (Wildman–Crippen MR) is 81.0 cm³/mol. The lowest BCUT2D eigenvalue weighted by Crippen LogP contribution is -2.42. The summed E-state index contributed by atoms with van der Waals surface area (Å²) in [6, 6.07) is 6.06. The topological polar surface area (TPSA) is 29.1 Å². The van der Waals surface area contributed by atoms with Crippen LogP contribution in [-0.4, -0.2) is 23.6 Å². The molecule has 1 saturated heterocycles. The molecule has 18 heavy (non-hydrogen) atoms. The van der Waals surface area contributed by atoms with Gasteiger partial charge in [-0.2, -0.15) is 0 Å². The Bertz CT molecular complexity index is 474. The number of halogens is 2. The minimum atomic E-state index is 0. The van der Waals surface area contributed by atoms with Crippen LogP contribution in [0.15, 0.2) is 27.6 Å². The SMILES string of the molecule is Cl.O=C1CC2(CCNCC2)Sc2ccc(Br)cc21. The molecule has 3 rings (SSSR count). The maximum Gasteiger partial charge on any atom is 0.165 e. The van der Waals surface area contributed by atoms with E-state index in [4.69, 9.17) is 0 Å². The van der Waals surface area contributed by atoms with Crippen molar-refractivity contribution in [2.75, 3.05) is 13.1 Å². The van der Waals surface area contributed by atoms with Gasteiger partial charge in [-0.05, 0) is 44.1 Å². The summed E-state index contributed by atoms with van der Waals surface area (Å²) < 4.78 is 1.15. The Balaban J connectivity index is 0.00000120. The van der Waals surface area contributed by atoms with E-state index in [1.54, 1.807) is 0 Å². The van der Waals surface area contributed by atoms with Crippen molar-refractivity contribution in [3.63, 3.8) is 0 Å². The van der Waals surface area contributed by atoms with Gasteiger partial charge >= 0.3 is 0 Å². The molecule has 5 heteroatoms. The van der Waals surface area contributed by atoms with Gasteiger partial charge in [-0.3, -0.25) is 4.79 Å². The molecule has 2 heterocycles. The highest BCUT2D eigenvalue weighted by Crippen LogP contribution is 2.48. The average molecular weight is 349 g/mol. The second kappa shape index (κ2) is 5.53. The molecule has 1 aromatic rings. The monoisotopic (exact) mass is 347 g/mol. The summed E-state index contributed by atoms with van der Waals surface area (Å²) in [7, 11) is 0. The zero-order chi connectivity index (χ0) is 11.9. The van der Waals surface area contributed by atoms with Gasteiger partial charge < -0.3 is 5.32 Å². The smallest absolute Gasteiger partial charge is 0.165 e. The molecule has 0 unspecified atom stereocenters. The first-order chi connectivity index (χ1) is 8.19. The van der Waals surface area contributed by atoms with Gasteiger partial charge in [0.25, 0.3) is 0 Å². The third-order valence-corrected chi connectivity index (χ3v) is 5.62. The summed E-state index contributed by atoms with van der Waals surface area (Å²) >= 11 is 5.34. The van der Waals surface area contributed by atoms with E-state index in [9.17, 15) is 4.79 Å². The fourth-order valence-corrected chi connectivity index (χ4v) is 4.49. The van der Waals surface area contributed by atoms with Crippen LogP contribution in [0.5, 0.6) is 0 Å². The second-order valence-corrected chi connectivity index (χ2v) is 7.20. The van der Waals surface area contributed by atoms with Crippen LogP contribution in [-0.2, 0) is 0 Å². The Morgan fingerprint density at radius 1 is 1.28 bits per heavy atom. The molecule has 1 aromatic carbocycles. The van der Waals surface area contributed by atoms with Crippen LogP contribution in [0.2, 0.25) is 0 Å². The van der Waals surface area contributed by atoms with Crippen molar-refractivity contribution < 1.29 is 4.79 Å². The molecule has 0 bridgehead atoms. The molecule has 2 nitrogen and oxygen atoms in total. The van der Waals surface area contributed by atoms with Crippen molar-refractivity contribution in [2.45, 2.75) is 28.9 Å². The van der Waals surface area contributed by atoms with Crippen LogP contribution < -0.4 is 5.32 Å². The minimum absolute atomic E-state index is 0. The molecule has 98 valence electrons. The van der Waals surface area contributed by atoms with Crippen molar-refractivity contribution in [2.24, 2.45) is 0 Å². The van der Waals surface area contributed by atoms with E-state index in [0.717, 1.165) is 40.9 Å². The molecule has 0 aromatic heterocycles. The molecule has 0 aliphatic carbocycles. The quantitative estimate of drug-likeness (QED) is 0.775. The second-order valence-electron chi connectivity index (χ2n) is 4.78. The predicted octanol–water partition coefficient (Wildman–Crippen LogP) is 3.67. The Labute approximate surface area is 126 Å². The molecule has 0 amide bonds. The van der Waals surface area contributed by atoms with Crippen molar-refractivity contribution in [1.82, 2.24) is 5.32 Å². The van der Waals surface area contributed by atoms with Gasteiger partial charge in [0.2, 0.25) is 0 Å². The number of hydrogen-bond acceptors (Lipinski definition) is 3. The molecule has 2 aliphatic rings. The molecule has 0 atom stereocenters. The number of hydrogen-bond donors (Lipinski definition) is 1. The first-order valence-corrected chi connectivity index (χ1v) is 7.52. The lowest BCUT2D eigenvalue weighted by Gasteiger charge is -2.39. The number of piperidine rings is 1. The van der Waals surface area contributed by atoms with Crippen LogP contribution in [0.1, 0.15) is 29.6 Å². The van der Waals surface area contributed by atoms with E-state index in [0.29, 0.717) is 12.2 Å². The number of nitrogens with one attached hydrogen (secondary N) is 1. The Morgan fingerprint density at radius 2 is 2.00 bits per heavy atom. The molecular formula is C13H15BrClNOS. The molecule has 1 fully saturated rings. The normalized spacial score (nSPS) is 21.3. The Kier molecular flexibility index (Phi) is 4.42. The Hall–Kier alpha value is -0.0300. The van der Waals surface area contributed by atoms with Gasteiger partial charge in [0.05, 0.1) is 0 Å². The zero-order valence-electron chi connectivity index (χ0n) is 9.87.